The Labute approximate surface area is 128 Å². The van der Waals surface area contributed by atoms with Crippen molar-refractivity contribution in [3.63, 3.8) is 0 Å². The summed E-state index contributed by atoms with van der Waals surface area (Å²) in [5.74, 6) is 0. The van der Waals surface area contributed by atoms with Gasteiger partial charge in [-0.05, 0) is 55.9 Å². The summed E-state index contributed by atoms with van der Waals surface area (Å²) in [6.45, 7) is 5.51. The average Bonchev–Trinajstić information content (AvgIpc) is 2.41. The molecule has 2 rings (SSSR count). The van der Waals surface area contributed by atoms with E-state index in [2.05, 4.69) is 16.8 Å². The lowest BCUT2D eigenvalue weighted by molar-refractivity contribution is -0.0328. The van der Waals surface area contributed by atoms with Gasteiger partial charge in [-0.15, -0.1) is 0 Å². The Morgan fingerprint density at radius 1 is 1.05 bits per heavy atom. The van der Waals surface area contributed by atoms with Gasteiger partial charge in [0.1, 0.15) is 0 Å². The molecule has 1 aromatic carbocycles. The van der Waals surface area contributed by atoms with Crippen molar-refractivity contribution < 1.29 is 13.2 Å². The van der Waals surface area contributed by atoms with E-state index in [1.165, 1.54) is 0 Å². The first kappa shape index (κ1) is 16.6. The zero-order valence-electron chi connectivity index (χ0n) is 12.2. The molecule has 1 fully saturated rings. The van der Waals surface area contributed by atoms with Gasteiger partial charge in [0.15, 0.2) is 0 Å². The van der Waals surface area contributed by atoms with Crippen molar-refractivity contribution in [2.75, 3.05) is 39.8 Å². The van der Waals surface area contributed by atoms with Crippen LogP contribution in [0, 0.1) is 0 Å². The lowest BCUT2D eigenvalue weighted by atomic mass is 10.1. The second-order valence-electron chi connectivity index (χ2n) is 5.44. The van der Waals surface area contributed by atoms with Gasteiger partial charge in [0.25, 0.3) is 0 Å². The van der Waals surface area contributed by atoms with Gasteiger partial charge < -0.3 is 9.80 Å². The molecule has 0 spiro atoms. The number of rotatable bonds is 5. The van der Waals surface area contributed by atoms with Crippen molar-refractivity contribution in [2.45, 2.75) is 23.2 Å². The maximum absolute atomic E-state index is 12.2. The molecule has 0 amide bonds. The van der Waals surface area contributed by atoms with Crippen LogP contribution in [0.3, 0.4) is 0 Å². The molecule has 0 bridgehead atoms. The molecule has 0 aliphatic carbocycles. The number of thioether (sulfide) groups is 1. The molecule has 0 unspecified atom stereocenters. The minimum atomic E-state index is -4.21. The Bertz CT molecular complexity index is 426. The third-order valence-electron chi connectivity index (χ3n) is 3.69. The molecule has 0 radical (unpaired) electrons. The number of alkyl halides is 3. The van der Waals surface area contributed by atoms with E-state index in [0.717, 1.165) is 51.1 Å². The number of aryl methyl sites for hydroxylation is 1. The minimum Gasteiger partial charge on any atom is -0.304 e. The lowest BCUT2D eigenvalue weighted by Gasteiger charge is -2.32. The Hall–Kier alpha value is -0.720. The van der Waals surface area contributed by atoms with Gasteiger partial charge in [-0.3, -0.25) is 0 Å². The fourth-order valence-electron chi connectivity index (χ4n) is 2.44. The standard InChI is InChI=1S/C15H21F3N2S/c1-19-9-11-20(12-10-19)8-2-3-13-4-6-14(7-5-13)21-15(16,17)18/h4-7H,2-3,8-12H2,1H3. The Kier molecular flexibility index (Phi) is 5.96. The molecule has 0 atom stereocenters. The number of halogens is 3. The van der Waals surface area contributed by atoms with E-state index < -0.39 is 5.51 Å². The molecule has 6 heteroatoms. The number of benzene rings is 1. The summed E-state index contributed by atoms with van der Waals surface area (Å²) in [7, 11) is 2.14. The molecule has 1 heterocycles. The summed E-state index contributed by atoms with van der Waals surface area (Å²) < 4.78 is 36.7. The second-order valence-corrected chi connectivity index (χ2v) is 6.58. The Morgan fingerprint density at radius 2 is 1.67 bits per heavy atom. The molecule has 2 nitrogen and oxygen atoms in total. The van der Waals surface area contributed by atoms with E-state index >= 15 is 0 Å². The monoisotopic (exact) mass is 318 g/mol. The van der Waals surface area contributed by atoms with Gasteiger partial charge in [-0.25, -0.2) is 0 Å². The van der Waals surface area contributed by atoms with Crippen molar-refractivity contribution >= 4 is 11.8 Å². The van der Waals surface area contributed by atoms with Gasteiger partial charge >= 0.3 is 5.51 Å². The van der Waals surface area contributed by atoms with Crippen molar-refractivity contribution in [3.8, 4) is 0 Å². The van der Waals surface area contributed by atoms with Crippen molar-refractivity contribution in [1.29, 1.82) is 0 Å². The lowest BCUT2D eigenvalue weighted by Crippen LogP contribution is -2.44. The van der Waals surface area contributed by atoms with Gasteiger partial charge in [0.2, 0.25) is 0 Å². The number of likely N-dealkylation sites (N-methyl/N-ethyl adjacent to an activating group) is 1. The van der Waals surface area contributed by atoms with E-state index in [1.54, 1.807) is 24.3 Å². The molecule has 1 aliphatic heterocycles. The molecule has 21 heavy (non-hydrogen) atoms. The van der Waals surface area contributed by atoms with Crippen molar-refractivity contribution in [1.82, 2.24) is 9.80 Å². The molecule has 1 aliphatic rings. The van der Waals surface area contributed by atoms with Crippen LogP contribution in [0.2, 0.25) is 0 Å². The van der Waals surface area contributed by atoms with E-state index in [-0.39, 0.29) is 16.7 Å². The zero-order valence-corrected chi connectivity index (χ0v) is 13.0. The van der Waals surface area contributed by atoms with Gasteiger partial charge in [-0.2, -0.15) is 13.2 Å². The summed E-state index contributed by atoms with van der Waals surface area (Å²) in [5, 5.41) is 0. The van der Waals surface area contributed by atoms with E-state index in [1.807, 2.05) is 0 Å². The molecule has 0 saturated carbocycles. The largest absolute Gasteiger partial charge is 0.446 e. The highest BCUT2D eigenvalue weighted by Gasteiger charge is 2.28. The third-order valence-corrected chi connectivity index (χ3v) is 4.43. The highest BCUT2D eigenvalue weighted by atomic mass is 32.2. The number of nitrogens with zero attached hydrogens (tertiary/aromatic N) is 2. The first-order valence-corrected chi connectivity index (χ1v) is 7.99. The maximum atomic E-state index is 12.2. The van der Waals surface area contributed by atoms with Gasteiger partial charge in [0.05, 0.1) is 0 Å². The molecule has 0 N–H and O–H groups in total. The SMILES string of the molecule is CN1CCN(CCCc2ccc(SC(F)(F)F)cc2)CC1. The molecular weight excluding hydrogens is 297 g/mol. The van der Waals surface area contributed by atoms with Crippen molar-refractivity contribution in [2.24, 2.45) is 0 Å². The Balaban J connectivity index is 1.71. The van der Waals surface area contributed by atoms with Crippen LogP contribution in [0.4, 0.5) is 13.2 Å². The third kappa shape index (κ3) is 6.28. The highest BCUT2D eigenvalue weighted by molar-refractivity contribution is 8.00. The minimum absolute atomic E-state index is 0.0567. The smallest absolute Gasteiger partial charge is 0.304 e. The predicted molar refractivity (Wildman–Crippen MR) is 80.6 cm³/mol. The van der Waals surface area contributed by atoms with Crippen LogP contribution in [0.1, 0.15) is 12.0 Å². The van der Waals surface area contributed by atoms with E-state index in [4.69, 9.17) is 0 Å². The van der Waals surface area contributed by atoms with Crippen molar-refractivity contribution in [3.05, 3.63) is 29.8 Å². The average molecular weight is 318 g/mol. The summed E-state index contributed by atoms with van der Waals surface area (Å²) in [6, 6.07) is 6.72. The fourth-order valence-corrected chi connectivity index (χ4v) is 2.98. The first-order valence-electron chi connectivity index (χ1n) is 7.18. The summed E-state index contributed by atoms with van der Waals surface area (Å²) in [5.41, 5.74) is -3.10. The summed E-state index contributed by atoms with van der Waals surface area (Å²) in [4.78, 5) is 5.03. The van der Waals surface area contributed by atoms with E-state index in [9.17, 15) is 13.2 Å². The van der Waals surface area contributed by atoms with Crippen LogP contribution < -0.4 is 0 Å². The molecule has 118 valence electrons. The van der Waals surface area contributed by atoms with Crippen LogP contribution in [-0.4, -0.2) is 55.1 Å². The normalized spacial score (nSPS) is 18.1. The maximum Gasteiger partial charge on any atom is 0.446 e. The van der Waals surface area contributed by atoms with Gasteiger partial charge in [0, 0.05) is 31.1 Å². The molecule has 0 aromatic heterocycles. The number of hydrogen-bond acceptors (Lipinski definition) is 3. The highest BCUT2D eigenvalue weighted by Crippen LogP contribution is 2.36. The molecule has 1 saturated heterocycles. The predicted octanol–water partition coefficient (Wildman–Crippen LogP) is 3.48. The van der Waals surface area contributed by atoms with Gasteiger partial charge in [-0.1, -0.05) is 12.1 Å². The number of hydrogen-bond donors (Lipinski definition) is 0. The quantitative estimate of drug-likeness (QED) is 0.768. The van der Waals surface area contributed by atoms with Crippen LogP contribution in [0.25, 0.3) is 0 Å². The van der Waals surface area contributed by atoms with Crippen LogP contribution in [-0.2, 0) is 6.42 Å². The van der Waals surface area contributed by atoms with Crippen LogP contribution >= 0.6 is 11.8 Å². The first-order chi connectivity index (χ1) is 9.92. The Morgan fingerprint density at radius 3 is 2.24 bits per heavy atom. The molecular formula is C15H21F3N2S. The summed E-state index contributed by atoms with van der Waals surface area (Å²) >= 11 is -0.0567. The van der Waals surface area contributed by atoms with Crippen LogP contribution in [0.15, 0.2) is 29.2 Å². The second kappa shape index (κ2) is 7.51. The fraction of sp³-hybridized carbons (Fsp3) is 0.600. The zero-order chi connectivity index (χ0) is 15.3. The van der Waals surface area contributed by atoms with E-state index in [0.29, 0.717) is 0 Å². The van der Waals surface area contributed by atoms with Crippen LogP contribution in [0.5, 0.6) is 0 Å². The topological polar surface area (TPSA) is 6.48 Å². The summed E-state index contributed by atoms with van der Waals surface area (Å²) in [6.07, 6.45) is 1.97. The molecule has 1 aromatic rings. The number of piperazine rings is 1.